The minimum atomic E-state index is -3.80. The van der Waals surface area contributed by atoms with E-state index in [2.05, 4.69) is 15.0 Å². The predicted molar refractivity (Wildman–Crippen MR) is 162 cm³/mol. The van der Waals surface area contributed by atoms with Crippen LogP contribution in [0.5, 0.6) is 0 Å². The first-order chi connectivity index (χ1) is 20.4. The molecule has 2 saturated heterocycles. The van der Waals surface area contributed by atoms with Crippen LogP contribution in [-0.2, 0) is 10.0 Å². The Labute approximate surface area is 251 Å². The highest BCUT2D eigenvalue weighted by molar-refractivity contribution is 7.92. The van der Waals surface area contributed by atoms with Gasteiger partial charge in [0.1, 0.15) is 11.2 Å². The van der Waals surface area contributed by atoms with Gasteiger partial charge in [-0.1, -0.05) is 11.3 Å². The lowest BCUT2D eigenvalue weighted by molar-refractivity contribution is -0.0221. The average molecular weight is 639 g/mol. The van der Waals surface area contributed by atoms with Crippen molar-refractivity contribution in [3.05, 3.63) is 35.6 Å². The maximum Gasteiger partial charge on any atom is 0.257 e. The minimum Gasteiger partial charge on any atom is -0.395 e. The number of nitrogens with zero attached hydrogens (tertiary/aromatic N) is 3. The molecule has 232 valence electrons. The molecule has 10 nitrogen and oxygen atoms in total. The number of nitrogens with two attached hydrogens (primary N) is 1. The summed E-state index contributed by atoms with van der Waals surface area (Å²) in [5.74, 6) is -4.71. The monoisotopic (exact) mass is 638 g/mol. The van der Waals surface area contributed by atoms with Gasteiger partial charge in [-0.3, -0.25) is 9.52 Å². The number of halogens is 3. The summed E-state index contributed by atoms with van der Waals surface area (Å²) in [6.45, 7) is 0.652. The number of thiazole rings is 1. The normalized spacial score (nSPS) is 19.5. The Kier molecular flexibility index (Phi) is 7.62. The number of aliphatic hydroxyl groups excluding tert-OH is 1. The molecule has 3 aromatic rings. The van der Waals surface area contributed by atoms with Gasteiger partial charge in [0.2, 0.25) is 10.0 Å². The van der Waals surface area contributed by atoms with E-state index >= 15 is 4.39 Å². The average Bonchev–Trinajstić information content (AvgIpc) is 3.59. The number of carbonyl (C=O) groups excluding carboxylic acids is 1. The Hall–Kier alpha value is -3.30. The molecule has 43 heavy (non-hydrogen) atoms. The van der Waals surface area contributed by atoms with Crippen LogP contribution in [0.4, 0.5) is 41.1 Å². The van der Waals surface area contributed by atoms with Crippen molar-refractivity contribution in [1.82, 2.24) is 4.98 Å². The fourth-order valence-corrected chi connectivity index (χ4v) is 7.57. The van der Waals surface area contributed by atoms with Gasteiger partial charge in [0, 0.05) is 39.0 Å². The topological polar surface area (TPSA) is 141 Å². The Balaban J connectivity index is 1.33. The number of aromatic nitrogens is 1. The first-order valence-corrected chi connectivity index (χ1v) is 16.7. The summed E-state index contributed by atoms with van der Waals surface area (Å²) in [4.78, 5) is 21.6. The van der Waals surface area contributed by atoms with Gasteiger partial charge in [0.25, 0.3) is 11.8 Å². The number of nitrogens with one attached hydrogen (secondary N) is 2. The van der Waals surface area contributed by atoms with Crippen LogP contribution >= 0.6 is 11.3 Å². The molecular formula is C28H33F3N6O4S2. The van der Waals surface area contributed by atoms with E-state index in [1.54, 1.807) is 6.07 Å². The Morgan fingerprint density at radius 3 is 2.37 bits per heavy atom. The van der Waals surface area contributed by atoms with Crippen molar-refractivity contribution in [2.75, 3.05) is 64.1 Å². The number of rotatable bonds is 8. The van der Waals surface area contributed by atoms with Gasteiger partial charge in [0.05, 0.1) is 39.7 Å². The molecule has 15 heteroatoms. The quantitative estimate of drug-likeness (QED) is 0.280. The summed E-state index contributed by atoms with van der Waals surface area (Å²) in [7, 11) is -3.80. The van der Waals surface area contributed by atoms with Crippen molar-refractivity contribution < 1.29 is 31.5 Å². The van der Waals surface area contributed by atoms with Crippen molar-refractivity contribution >= 4 is 65.4 Å². The molecule has 3 heterocycles. The third kappa shape index (κ3) is 6.20. The zero-order chi connectivity index (χ0) is 30.6. The third-order valence-electron chi connectivity index (χ3n) is 8.67. The van der Waals surface area contributed by atoms with Crippen LogP contribution in [0, 0.1) is 11.2 Å². The first-order valence-electron chi connectivity index (χ1n) is 14.2. The maximum atomic E-state index is 16.1. The summed E-state index contributed by atoms with van der Waals surface area (Å²) >= 11 is 1.10. The number of aliphatic hydroxyl groups is 1. The zero-order valence-corrected chi connectivity index (χ0v) is 25.0. The molecule has 1 spiro atoms. The molecule has 2 aromatic carbocycles. The Morgan fingerprint density at radius 1 is 1.05 bits per heavy atom. The molecule has 1 saturated carbocycles. The van der Waals surface area contributed by atoms with E-state index in [4.69, 9.17) is 10.8 Å². The Morgan fingerprint density at radius 2 is 1.72 bits per heavy atom. The number of hydrogen-bond acceptors (Lipinski definition) is 9. The Bertz CT molecular complexity index is 1660. The number of nitrogen functional groups attached to an aromatic ring is 1. The molecule has 3 fully saturated rings. The first kappa shape index (κ1) is 29.8. The number of alkyl halides is 2. The van der Waals surface area contributed by atoms with Crippen molar-refractivity contribution in [1.29, 1.82) is 0 Å². The second kappa shape index (κ2) is 11.0. The number of piperidine rings is 2. The van der Waals surface area contributed by atoms with Crippen LogP contribution in [0.2, 0.25) is 0 Å². The van der Waals surface area contributed by atoms with Gasteiger partial charge in [0.15, 0.2) is 10.9 Å². The van der Waals surface area contributed by atoms with Crippen LogP contribution in [-0.4, -0.2) is 68.9 Å². The van der Waals surface area contributed by atoms with E-state index in [9.17, 15) is 22.0 Å². The van der Waals surface area contributed by atoms with Gasteiger partial charge >= 0.3 is 0 Å². The standard InChI is InChI=1S/C28H33F3N6O4S2/c29-22-19(16-21-23(34-26(32)42-21)24(22)37-11-7-28(30,31)8-12-37)33-25(39)18-2-1-17(35-43(40,41)14-13-38)15-20(18)36-9-5-27(3-4-27)6-10-36/h1-2,15-16,35,38H,3-14H2,(H2,32,34)(H,33,39). The molecular weight excluding hydrogens is 605 g/mol. The van der Waals surface area contributed by atoms with Crippen molar-refractivity contribution in [2.24, 2.45) is 5.41 Å². The number of carbonyl (C=O) groups is 1. The van der Waals surface area contributed by atoms with Gasteiger partial charge in [-0.25, -0.2) is 26.6 Å². The number of benzene rings is 2. The smallest absolute Gasteiger partial charge is 0.257 e. The van der Waals surface area contributed by atoms with Crippen LogP contribution in [0.25, 0.3) is 10.2 Å². The van der Waals surface area contributed by atoms with Crippen LogP contribution in [0.1, 0.15) is 48.9 Å². The summed E-state index contributed by atoms with van der Waals surface area (Å²) in [6, 6.07) is 5.95. The molecule has 0 radical (unpaired) electrons. The molecule has 0 atom stereocenters. The predicted octanol–water partition coefficient (Wildman–Crippen LogP) is 4.62. The molecule has 1 aromatic heterocycles. The lowest BCUT2D eigenvalue weighted by atomic mass is 9.93. The molecule has 6 rings (SSSR count). The van der Waals surface area contributed by atoms with Crippen molar-refractivity contribution in [2.45, 2.75) is 44.4 Å². The van der Waals surface area contributed by atoms with Crippen LogP contribution in [0.15, 0.2) is 24.3 Å². The fraction of sp³-hybridized carbons (Fsp3) is 0.500. The van der Waals surface area contributed by atoms with Crippen molar-refractivity contribution in [3.8, 4) is 0 Å². The molecule has 2 aliphatic heterocycles. The van der Waals surface area contributed by atoms with Crippen LogP contribution in [0.3, 0.4) is 0 Å². The van der Waals surface area contributed by atoms with Crippen molar-refractivity contribution in [3.63, 3.8) is 0 Å². The maximum absolute atomic E-state index is 16.1. The summed E-state index contributed by atoms with van der Waals surface area (Å²) < 4.78 is 71.5. The summed E-state index contributed by atoms with van der Waals surface area (Å²) in [6.07, 6.45) is 3.39. The number of fused-ring (bicyclic) bond motifs is 1. The summed E-state index contributed by atoms with van der Waals surface area (Å²) in [5, 5.41) is 12.0. The molecule has 0 unspecified atom stereocenters. The number of amides is 1. The largest absolute Gasteiger partial charge is 0.395 e. The van der Waals surface area contributed by atoms with Gasteiger partial charge < -0.3 is 26.0 Å². The van der Waals surface area contributed by atoms with E-state index in [1.807, 2.05) is 4.90 Å². The van der Waals surface area contributed by atoms with E-state index in [0.29, 0.717) is 28.9 Å². The van der Waals surface area contributed by atoms with E-state index in [0.717, 1.165) is 24.2 Å². The number of anilines is 5. The fourth-order valence-electron chi connectivity index (χ4n) is 5.97. The second-order valence-electron chi connectivity index (χ2n) is 11.6. The lowest BCUT2D eigenvalue weighted by Gasteiger charge is -2.35. The zero-order valence-electron chi connectivity index (χ0n) is 23.3. The highest BCUT2D eigenvalue weighted by Crippen LogP contribution is 2.54. The molecule has 0 bridgehead atoms. The minimum absolute atomic E-state index is 0.0240. The highest BCUT2D eigenvalue weighted by Gasteiger charge is 2.44. The highest BCUT2D eigenvalue weighted by atomic mass is 32.2. The molecule has 1 amide bonds. The molecule has 1 aliphatic carbocycles. The van der Waals surface area contributed by atoms with E-state index in [-0.39, 0.29) is 46.4 Å². The lowest BCUT2D eigenvalue weighted by Crippen LogP contribution is -2.40. The molecule has 3 aliphatic rings. The number of hydrogen-bond donors (Lipinski definition) is 4. The number of sulfonamides is 1. The third-order valence-corrected chi connectivity index (χ3v) is 10.8. The van der Waals surface area contributed by atoms with E-state index in [1.165, 1.54) is 35.9 Å². The van der Waals surface area contributed by atoms with Crippen LogP contribution < -0.4 is 25.6 Å². The van der Waals surface area contributed by atoms with E-state index < -0.39 is 52.9 Å². The summed E-state index contributed by atoms with van der Waals surface area (Å²) in [5.41, 5.74) is 7.37. The molecule has 5 N–H and O–H groups in total. The second-order valence-corrected chi connectivity index (χ2v) is 14.6. The van der Waals surface area contributed by atoms with Gasteiger partial charge in [-0.15, -0.1) is 0 Å². The SMILES string of the molecule is Nc1nc2c(N3CCC(F)(F)CC3)c(F)c(NC(=O)c3ccc(NS(=O)(=O)CCO)cc3N3CCC4(CC3)CC4)cc2s1. The van der Waals surface area contributed by atoms with Gasteiger partial charge in [-0.05, 0) is 55.4 Å². The van der Waals surface area contributed by atoms with Gasteiger partial charge in [-0.2, -0.15) is 0 Å².